The molecule has 134 valence electrons. The van der Waals surface area contributed by atoms with E-state index < -0.39 is 0 Å². The highest BCUT2D eigenvalue weighted by Gasteiger charge is 2.25. The van der Waals surface area contributed by atoms with Gasteiger partial charge in [-0.15, -0.1) is 11.8 Å². The van der Waals surface area contributed by atoms with Gasteiger partial charge in [0.15, 0.2) is 0 Å². The molecule has 2 amide bonds. The number of hydrogen-bond donors (Lipinski definition) is 2. The Balaban J connectivity index is 1.89. The van der Waals surface area contributed by atoms with E-state index in [0.717, 1.165) is 16.3 Å². The van der Waals surface area contributed by atoms with Gasteiger partial charge in [0, 0.05) is 17.5 Å². The smallest absolute Gasteiger partial charge is 0.319 e. The first-order chi connectivity index (χ1) is 11.6. The summed E-state index contributed by atoms with van der Waals surface area (Å²) in [7, 11) is 4.23. The molecule has 0 bridgehead atoms. The van der Waals surface area contributed by atoms with E-state index in [2.05, 4.69) is 42.6 Å². The van der Waals surface area contributed by atoms with E-state index in [9.17, 15) is 4.79 Å². The average molecular weight is 350 g/mol. The van der Waals surface area contributed by atoms with Gasteiger partial charge in [0.05, 0.1) is 5.69 Å². The summed E-state index contributed by atoms with van der Waals surface area (Å²) in [6.07, 6.45) is 6.56. The Bertz CT molecular complexity index is 515. The number of nitrogens with zero attached hydrogens (tertiary/aromatic N) is 1. The van der Waals surface area contributed by atoms with Crippen LogP contribution in [0.15, 0.2) is 29.2 Å². The van der Waals surface area contributed by atoms with Crippen molar-refractivity contribution in [2.24, 2.45) is 5.92 Å². The Kier molecular flexibility index (Phi) is 7.92. The van der Waals surface area contributed by atoms with Crippen molar-refractivity contribution in [3.8, 4) is 0 Å². The lowest BCUT2D eigenvalue weighted by Gasteiger charge is -2.35. The molecule has 0 saturated heterocycles. The van der Waals surface area contributed by atoms with Crippen LogP contribution in [0.4, 0.5) is 10.5 Å². The summed E-state index contributed by atoms with van der Waals surface area (Å²) in [5, 5.41) is 6.08. The molecule has 2 N–H and O–H groups in total. The van der Waals surface area contributed by atoms with Gasteiger partial charge in [-0.05, 0) is 50.7 Å². The highest BCUT2D eigenvalue weighted by molar-refractivity contribution is 7.99. The molecule has 24 heavy (non-hydrogen) atoms. The van der Waals surface area contributed by atoms with E-state index in [1.54, 1.807) is 11.8 Å². The van der Waals surface area contributed by atoms with Crippen molar-refractivity contribution in [1.29, 1.82) is 0 Å². The largest absolute Gasteiger partial charge is 0.336 e. The maximum Gasteiger partial charge on any atom is 0.319 e. The van der Waals surface area contributed by atoms with Crippen LogP contribution in [-0.4, -0.2) is 43.4 Å². The number of thioether (sulfide) groups is 1. The zero-order valence-electron chi connectivity index (χ0n) is 15.2. The molecular weight excluding hydrogens is 318 g/mol. The molecule has 0 aliphatic heterocycles. The minimum atomic E-state index is -0.109. The second-order valence-electron chi connectivity index (χ2n) is 6.69. The molecule has 1 aromatic rings. The summed E-state index contributed by atoms with van der Waals surface area (Å²) < 4.78 is 0. The van der Waals surface area contributed by atoms with E-state index in [0.29, 0.717) is 18.5 Å². The molecule has 0 radical (unpaired) electrons. The van der Waals surface area contributed by atoms with E-state index in [1.807, 2.05) is 18.2 Å². The number of benzene rings is 1. The third-order valence-corrected chi connectivity index (χ3v) is 5.72. The zero-order valence-corrected chi connectivity index (χ0v) is 16.0. The molecule has 0 heterocycles. The van der Waals surface area contributed by atoms with Crippen molar-refractivity contribution in [2.45, 2.75) is 50.0 Å². The van der Waals surface area contributed by atoms with Gasteiger partial charge < -0.3 is 15.5 Å². The molecule has 0 unspecified atom stereocenters. The highest BCUT2D eigenvalue weighted by atomic mass is 32.2. The number of hydrogen-bond acceptors (Lipinski definition) is 3. The van der Waals surface area contributed by atoms with Gasteiger partial charge in [-0.1, -0.05) is 38.3 Å². The van der Waals surface area contributed by atoms with Crippen molar-refractivity contribution >= 4 is 23.5 Å². The van der Waals surface area contributed by atoms with Crippen molar-refractivity contribution in [1.82, 2.24) is 10.2 Å². The number of likely N-dealkylation sites (N-methyl/N-ethyl adjacent to an activating group) is 1. The number of carbonyl (C=O) groups excluding carboxylic acids is 1. The van der Waals surface area contributed by atoms with Crippen LogP contribution in [0.25, 0.3) is 0 Å². The Morgan fingerprint density at radius 1 is 1.25 bits per heavy atom. The molecule has 1 aliphatic carbocycles. The molecule has 1 atom stereocenters. The quantitative estimate of drug-likeness (QED) is 0.716. The fourth-order valence-corrected chi connectivity index (χ4v) is 4.27. The monoisotopic (exact) mass is 349 g/mol. The number of anilines is 1. The molecule has 1 fully saturated rings. The van der Waals surface area contributed by atoms with Crippen LogP contribution in [0, 0.1) is 5.92 Å². The summed E-state index contributed by atoms with van der Waals surface area (Å²) in [4.78, 5) is 15.7. The van der Waals surface area contributed by atoms with Crippen molar-refractivity contribution < 1.29 is 4.79 Å². The number of para-hydroxylation sites is 1. The molecule has 1 aliphatic rings. The van der Waals surface area contributed by atoms with Gasteiger partial charge in [-0.2, -0.15) is 0 Å². The van der Waals surface area contributed by atoms with Crippen molar-refractivity contribution in [3.63, 3.8) is 0 Å². The summed E-state index contributed by atoms with van der Waals surface area (Å²) >= 11 is 1.75. The van der Waals surface area contributed by atoms with Gasteiger partial charge in [-0.25, -0.2) is 4.79 Å². The van der Waals surface area contributed by atoms with Crippen LogP contribution in [0.3, 0.4) is 0 Å². The first kappa shape index (κ1) is 19.1. The predicted octanol–water partition coefficient (Wildman–Crippen LogP) is 4.43. The lowest BCUT2D eigenvalue weighted by Crippen LogP contribution is -2.46. The molecule has 0 spiro atoms. The van der Waals surface area contributed by atoms with Crippen LogP contribution in [0.2, 0.25) is 0 Å². The summed E-state index contributed by atoms with van der Waals surface area (Å²) in [6, 6.07) is 8.28. The zero-order chi connectivity index (χ0) is 17.4. The molecule has 1 aromatic carbocycles. The molecule has 2 rings (SSSR count). The Morgan fingerprint density at radius 3 is 2.62 bits per heavy atom. The molecule has 4 nitrogen and oxygen atoms in total. The first-order valence-electron chi connectivity index (χ1n) is 9.05. The molecule has 1 saturated carbocycles. The molecule has 5 heteroatoms. The van der Waals surface area contributed by atoms with Crippen LogP contribution < -0.4 is 10.6 Å². The predicted molar refractivity (Wildman–Crippen MR) is 104 cm³/mol. The summed E-state index contributed by atoms with van der Waals surface area (Å²) in [5.74, 6) is 1.68. The summed E-state index contributed by atoms with van der Waals surface area (Å²) in [6.45, 7) is 2.82. The average Bonchev–Trinajstić information content (AvgIpc) is 2.58. The number of urea groups is 1. The fraction of sp³-hybridized carbons (Fsp3) is 0.632. The Morgan fingerprint density at radius 2 is 1.96 bits per heavy atom. The number of nitrogens with one attached hydrogen (secondary N) is 2. The first-order valence-corrected chi connectivity index (χ1v) is 10.0. The standard InChI is InChI=1S/C19H31N3OS/c1-4-24-18-13-9-8-12-16(18)21-19(23)20-14-17(22(2)3)15-10-6-5-7-11-15/h8-9,12-13,15,17H,4-7,10-11,14H2,1-3H3,(H2,20,21,23)/t17-/m0/s1. The maximum absolute atomic E-state index is 12.3. The van der Waals surface area contributed by atoms with Gasteiger partial charge in [0.1, 0.15) is 0 Å². The lowest BCUT2D eigenvalue weighted by molar-refractivity contribution is 0.167. The maximum atomic E-state index is 12.3. The van der Waals surface area contributed by atoms with E-state index in [-0.39, 0.29) is 6.03 Å². The van der Waals surface area contributed by atoms with Gasteiger partial charge in [0.25, 0.3) is 0 Å². The summed E-state index contributed by atoms with van der Waals surface area (Å²) in [5.41, 5.74) is 0.890. The van der Waals surface area contributed by atoms with E-state index >= 15 is 0 Å². The normalized spacial score (nSPS) is 16.8. The van der Waals surface area contributed by atoms with Crippen LogP contribution in [0.5, 0.6) is 0 Å². The van der Waals surface area contributed by atoms with E-state index in [4.69, 9.17) is 0 Å². The lowest BCUT2D eigenvalue weighted by atomic mass is 9.83. The van der Waals surface area contributed by atoms with E-state index in [1.165, 1.54) is 32.1 Å². The minimum Gasteiger partial charge on any atom is -0.336 e. The number of amides is 2. The van der Waals surface area contributed by atoms with Gasteiger partial charge >= 0.3 is 6.03 Å². The second kappa shape index (κ2) is 9.94. The van der Waals surface area contributed by atoms with Gasteiger partial charge in [0.2, 0.25) is 0 Å². The molecule has 0 aromatic heterocycles. The third kappa shape index (κ3) is 5.71. The second-order valence-corrected chi connectivity index (χ2v) is 8.00. The minimum absolute atomic E-state index is 0.109. The van der Waals surface area contributed by atoms with Crippen LogP contribution in [0.1, 0.15) is 39.0 Å². The SMILES string of the molecule is CCSc1ccccc1NC(=O)NC[C@@H](C1CCCCC1)N(C)C. The van der Waals surface area contributed by atoms with Crippen LogP contribution in [-0.2, 0) is 0 Å². The van der Waals surface area contributed by atoms with Gasteiger partial charge in [-0.3, -0.25) is 0 Å². The number of carbonyl (C=O) groups is 1. The van der Waals surface area contributed by atoms with Crippen molar-refractivity contribution in [2.75, 3.05) is 31.7 Å². The fourth-order valence-electron chi connectivity index (χ4n) is 3.50. The highest BCUT2D eigenvalue weighted by Crippen LogP contribution is 2.28. The number of rotatable bonds is 7. The third-order valence-electron chi connectivity index (χ3n) is 4.76. The Hall–Kier alpha value is -1.20. The Labute approximate surface area is 150 Å². The molecular formula is C19H31N3OS. The topological polar surface area (TPSA) is 44.4 Å². The van der Waals surface area contributed by atoms with Crippen molar-refractivity contribution in [3.05, 3.63) is 24.3 Å². The van der Waals surface area contributed by atoms with Crippen LogP contribution >= 0.6 is 11.8 Å².